The Labute approximate surface area is 105 Å². The molecule has 17 heavy (non-hydrogen) atoms. The molecule has 0 aromatic carbocycles. The monoisotopic (exact) mass is 255 g/mol. The van der Waals surface area contributed by atoms with Gasteiger partial charge in [0.25, 0.3) is 0 Å². The van der Waals surface area contributed by atoms with Crippen LogP contribution in [0.25, 0.3) is 0 Å². The quantitative estimate of drug-likeness (QED) is 0.663. The Hall–Kier alpha value is -1.36. The molecule has 0 aliphatic heterocycles. The first kappa shape index (κ1) is 12.1. The van der Waals surface area contributed by atoms with E-state index in [1.807, 2.05) is 0 Å². The van der Waals surface area contributed by atoms with E-state index >= 15 is 0 Å². The van der Waals surface area contributed by atoms with Crippen LogP contribution in [-0.2, 0) is 4.74 Å². The number of halogens is 1. The molecule has 6 heteroatoms. The van der Waals surface area contributed by atoms with Crippen molar-refractivity contribution in [2.24, 2.45) is 0 Å². The summed E-state index contributed by atoms with van der Waals surface area (Å²) in [5.41, 5.74) is 0.323. The Morgan fingerprint density at radius 1 is 1.53 bits per heavy atom. The minimum Gasteiger partial charge on any atom is -0.465 e. The van der Waals surface area contributed by atoms with Gasteiger partial charge in [-0.25, -0.2) is 9.78 Å². The first-order valence-electron chi connectivity index (χ1n) is 5.58. The van der Waals surface area contributed by atoms with Gasteiger partial charge in [-0.05, 0) is 24.4 Å². The highest BCUT2D eigenvalue weighted by Gasteiger charge is 2.20. The van der Waals surface area contributed by atoms with Crippen molar-refractivity contribution in [3.05, 3.63) is 17.0 Å². The second kappa shape index (κ2) is 5.31. The van der Waals surface area contributed by atoms with Crippen LogP contribution in [0.4, 0.5) is 5.82 Å². The van der Waals surface area contributed by atoms with Crippen molar-refractivity contribution in [2.75, 3.05) is 12.4 Å². The van der Waals surface area contributed by atoms with E-state index in [0.29, 0.717) is 17.4 Å². The molecule has 0 amide bonds. The number of hydrogen-bond donors (Lipinski definition) is 1. The van der Waals surface area contributed by atoms with E-state index in [-0.39, 0.29) is 5.28 Å². The first-order valence-corrected chi connectivity index (χ1v) is 5.96. The van der Waals surface area contributed by atoms with E-state index in [4.69, 9.17) is 11.6 Å². The topological polar surface area (TPSA) is 64.1 Å². The molecular formula is C11H14ClN3O2. The number of esters is 1. The molecule has 1 aromatic heterocycles. The molecule has 0 spiro atoms. The van der Waals surface area contributed by atoms with Gasteiger partial charge < -0.3 is 10.1 Å². The summed E-state index contributed by atoms with van der Waals surface area (Å²) < 4.78 is 4.68. The number of nitrogens with zero attached hydrogens (tertiary/aromatic N) is 2. The van der Waals surface area contributed by atoms with Crippen LogP contribution in [0.5, 0.6) is 0 Å². The minimum absolute atomic E-state index is 0.123. The molecule has 0 bridgehead atoms. The molecule has 92 valence electrons. The van der Waals surface area contributed by atoms with Crippen LogP contribution in [-0.4, -0.2) is 29.1 Å². The number of anilines is 1. The molecular weight excluding hydrogens is 242 g/mol. The molecule has 1 aromatic rings. The summed E-state index contributed by atoms with van der Waals surface area (Å²) in [6.07, 6.45) is 5.96. The summed E-state index contributed by atoms with van der Waals surface area (Å²) in [7, 11) is 1.33. The average molecular weight is 256 g/mol. The summed E-state index contributed by atoms with van der Waals surface area (Å²) in [5, 5.41) is 3.35. The van der Waals surface area contributed by atoms with Gasteiger partial charge >= 0.3 is 5.97 Å². The molecule has 1 aliphatic carbocycles. The number of carbonyl (C=O) groups excluding carboxylic acids is 1. The zero-order valence-electron chi connectivity index (χ0n) is 9.57. The molecule has 2 rings (SSSR count). The molecule has 0 radical (unpaired) electrons. The van der Waals surface area contributed by atoms with Gasteiger partial charge in [0, 0.05) is 12.2 Å². The van der Waals surface area contributed by atoms with Crippen molar-refractivity contribution < 1.29 is 9.53 Å². The number of nitrogens with one attached hydrogen (secondary N) is 1. The van der Waals surface area contributed by atoms with Gasteiger partial charge in [-0.3, -0.25) is 0 Å². The lowest BCUT2D eigenvalue weighted by molar-refractivity contribution is 0.0601. The fourth-order valence-corrected chi connectivity index (χ4v) is 2.13. The smallest absolute Gasteiger partial charge is 0.343 e. The molecule has 1 saturated carbocycles. The minimum atomic E-state index is -0.456. The highest BCUT2D eigenvalue weighted by Crippen LogP contribution is 2.24. The maximum Gasteiger partial charge on any atom is 0.343 e. The Morgan fingerprint density at radius 2 is 2.24 bits per heavy atom. The van der Waals surface area contributed by atoms with Crippen molar-refractivity contribution in [3.63, 3.8) is 0 Å². The van der Waals surface area contributed by atoms with E-state index in [0.717, 1.165) is 12.8 Å². The fourth-order valence-electron chi connectivity index (χ4n) is 1.99. The van der Waals surface area contributed by atoms with Gasteiger partial charge in [-0.2, -0.15) is 4.98 Å². The number of ether oxygens (including phenoxy) is 1. The van der Waals surface area contributed by atoms with Crippen LogP contribution in [0.15, 0.2) is 6.20 Å². The maximum atomic E-state index is 11.5. The number of aromatic nitrogens is 2. The van der Waals surface area contributed by atoms with Gasteiger partial charge in [0.1, 0.15) is 11.4 Å². The Bertz CT molecular complexity index is 419. The normalized spacial score (nSPS) is 15.9. The van der Waals surface area contributed by atoms with Crippen LogP contribution in [0.1, 0.15) is 36.0 Å². The van der Waals surface area contributed by atoms with Crippen molar-refractivity contribution in [1.29, 1.82) is 0 Å². The Kier molecular flexibility index (Phi) is 3.78. The lowest BCUT2D eigenvalue weighted by Crippen LogP contribution is -2.19. The number of carbonyl (C=O) groups is 1. The van der Waals surface area contributed by atoms with Crippen LogP contribution in [0.2, 0.25) is 5.28 Å². The molecule has 0 atom stereocenters. The standard InChI is InChI=1S/C11H14ClN3O2/c1-17-10(16)8-6-13-11(12)15-9(8)14-7-4-2-3-5-7/h6-7H,2-5H2,1H3,(H,13,14,15). The van der Waals surface area contributed by atoms with E-state index in [1.54, 1.807) is 0 Å². The largest absolute Gasteiger partial charge is 0.465 e. The molecule has 5 nitrogen and oxygen atoms in total. The second-order valence-electron chi connectivity index (χ2n) is 4.02. The summed E-state index contributed by atoms with van der Waals surface area (Å²) >= 11 is 5.74. The number of hydrogen-bond acceptors (Lipinski definition) is 5. The number of methoxy groups -OCH3 is 1. The second-order valence-corrected chi connectivity index (χ2v) is 4.36. The van der Waals surface area contributed by atoms with Gasteiger partial charge in [0.05, 0.1) is 7.11 Å². The zero-order chi connectivity index (χ0) is 12.3. The summed E-state index contributed by atoms with van der Waals surface area (Å²) in [6.45, 7) is 0. The van der Waals surface area contributed by atoms with Crippen LogP contribution in [0, 0.1) is 0 Å². The highest BCUT2D eigenvalue weighted by atomic mass is 35.5. The molecule has 1 heterocycles. The van der Waals surface area contributed by atoms with Crippen LogP contribution < -0.4 is 5.32 Å². The molecule has 1 aliphatic rings. The third-order valence-corrected chi connectivity index (χ3v) is 3.04. The molecule has 1 N–H and O–H groups in total. The van der Waals surface area contributed by atoms with E-state index in [2.05, 4.69) is 20.0 Å². The van der Waals surface area contributed by atoms with Crippen molar-refractivity contribution >= 4 is 23.4 Å². The Morgan fingerprint density at radius 3 is 2.88 bits per heavy atom. The van der Waals surface area contributed by atoms with Gasteiger partial charge in [0.15, 0.2) is 0 Å². The SMILES string of the molecule is COC(=O)c1cnc(Cl)nc1NC1CCCC1. The van der Waals surface area contributed by atoms with E-state index in [9.17, 15) is 4.79 Å². The maximum absolute atomic E-state index is 11.5. The predicted molar refractivity (Wildman–Crippen MR) is 64.3 cm³/mol. The summed E-state index contributed by atoms with van der Waals surface area (Å²) in [4.78, 5) is 19.4. The van der Waals surface area contributed by atoms with Crippen molar-refractivity contribution in [1.82, 2.24) is 9.97 Å². The van der Waals surface area contributed by atoms with Crippen molar-refractivity contribution in [3.8, 4) is 0 Å². The predicted octanol–water partition coefficient (Wildman–Crippen LogP) is 2.27. The number of rotatable bonds is 3. The van der Waals surface area contributed by atoms with Crippen LogP contribution >= 0.6 is 11.6 Å². The lowest BCUT2D eigenvalue weighted by Gasteiger charge is -2.14. The fraction of sp³-hybridized carbons (Fsp3) is 0.545. The van der Waals surface area contributed by atoms with Gasteiger partial charge in [-0.15, -0.1) is 0 Å². The zero-order valence-corrected chi connectivity index (χ0v) is 10.3. The Balaban J connectivity index is 2.22. The highest BCUT2D eigenvalue weighted by molar-refractivity contribution is 6.28. The van der Waals surface area contributed by atoms with E-state index in [1.165, 1.54) is 26.1 Å². The van der Waals surface area contributed by atoms with E-state index < -0.39 is 5.97 Å². The first-order chi connectivity index (χ1) is 8.20. The third kappa shape index (κ3) is 2.85. The van der Waals surface area contributed by atoms with Crippen LogP contribution in [0.3, 0.4) is 0 Å². The average Bonchev–Trinajstić information content (AvgIpc) is 2.81. The van der Waals surface area contributed by atoms with Gasteiger partial charge in [-0.1, -0.05) is 12.8 Å². The van der Waals surface area contributed by atoms with Crippen molar-refractivity contribution in [2.45, 2.75) is 31.7 Å². The van der Waals surface area contributed by atoms with Gasteiger partial charge in [0.2, 0.25) is 5.28 Å². The third-order valence-electron chi connectivity index (χ3n) is 2.86. The molecule has 0 saturated heterocycles. The summed E-state index contributed by atoms with van der Waals surface area (Å²) in [6, 6.07) is 0.351. The molecule has 0 unspecified atom stereocenters. The molecule has 1 fully saturated rings. The summed E-state index contributed by atoms with van der Waals surface area (Å²) in [5.74, 6) is 0.00548. The lowest BCUT2D eigenvalue weighted by atomic mass is 10.2.